The van der Waals surface area contributed by atoms with Gasteiger partial charge in [0.15, 0.2) is 0 Å². The SMILES string of the molecule is COc1ccc(C#N)cc1Cn1ccnc1C. The number of nitrogens with zero attached hydrogens (tertiary/aromatic N) is 3. The lowest BCUT2D eigenvalue weighted by atomic mass is 10.1. The summed E-state index contributed by atoms with van der Waals surface area (Å²) in [6.45, 7) is 2.60. The van der Waals surface area contributed by atoms with Crippen LogP contribution < -0.4 is 4.74 Å². The topological polar surface area (TPSA) is 50.8 Å². The van der Waals surface area contributed by atoms with Crippen molar-refractivity contribution >= 4 is 0 Å². The lowest BCUT2D eigenvalue weighted by molar-refractivity contribution is 0.408. The van der Waals surface area contributed by atoms with Crippen LogP contribution in [0.25, 0.3) is 0 Å². The normalized spacial score (nSPS) is 9.94. The summed E-state index contributed by atoms with van der Waals surface area (Å²) < 4.78 is 7.30. The van der Waals surface area contributed by atoms with Crippen molar-refractivity contribution in [3.8, 4) is 11.8 Å². The first-order valence-corrected chi connectivity index (χ1v) is 5.29. The van der Waals surface area contributed by atoms with Gasteiger partial charge >= 0.3 is 0 Å². The molecule has 4 heteroatoms. The van der Waals surface area contributed by atoms with E-state index >= 15 is 0 Å². The van der Waals surface area contributed by atoms with Crippen molar-refractivity contribution in [3.63, 3.8) is 0 Å². The van der Waals surface area contributed by atoms with Crippen LogP contribution in [0.2, 0.25) is 0 Å². The lowest BCUT2D eigenvalue weighted by Gasteiger charge is -2.10. The molecule has 0 saturated heterocycles. The predicted octanol–water partition coefficient (Wildman–Crippen LogP) is 2.12. The zero-order valence-electron chi connectivity index (χ0n) is 9.84. The second-order valence-corrected chi connectivity index (χ2v) is 3.74. The molecule has 0 amide bonds. The number of ether oxygens (including phenoxy) is 1. The van der Waals surface area contributed by atoms with Gasteiger partial charge in [0.2, 0.25) is 0 Å². The number of aromatic nitrogens is 2. The van der Waals surface area contributed by atoms with Gasteiger partial charge in [-0.05, 0) is 25.1 Å². The molecule has 0 saturated carbocycles. The van der Waals surface area contributed by atoms with Crippen LogP contribution in [0.4, 0.5) is 0 Å². The number of aryl methyl sites for hydroxylation is 1. The van der Waals surface area contributed by atoms with Gasteiger partial charge in [0.25, 0.3) is 0 Å². The van der Waals surface area contributed by atoms with Crippen LogP contribution in [0, 0.1) is 18.3 Å². The summed E-state index contributed by atoms with van der Waals surface area (Å²) in [7, 11) is 1.63. The van der Waals surface area contributed by atoms with Crippen molar-refractivity contribution in [1.82, 2.24) is 9.55 Å². The van der Waals surface area contributed by atoms with E-state index in [1.54, 1.807) is 19.4 Å². The Labute approximate surface area is 100 Å². The summed E-state index contributed by atoms with van der Waals surface area (Å²) in [5, 5.41) is 8.90. The molecule has 86 valence electrons. The highest BCUT2D eigenvalue weighted by molar-refractivity contribution is 5.42. The van der Waals surface area contributed by atoms with E-state index in [0.29, 0.717) is 12.1 Å². The predicted molar refractivity (Wildman–Crippen MR) is 63.8 cm³/mol. The van der Waals surface area contributed by atoms with Crippen molar-refractivity contribution in [2.45, 2.75) is 13.5 Å². The average molecular weight is 227 g/mol. The first-order valence-electron chi connectivity index (χ1n) is 5.29. The number of methoxy groups -OCH3 is 1. The fraction of sp³-hybridized carbons (Fsp3) is 0.231. The van der Waals surface area contributed by atoms with E-state index < -0.39 is 0 Å². The van der Waals surface area contributed by atoms with Gasteiger partial charge in [0.05, 0.1) is 25.3 Å². The third-order valence-electron chi connectivity index (χ3n) is 2.67. The largest absolute Gasteiger partial charge is 0.496 e. The number of rotatable bonds is 3. The number of nitriles is 1. The summed E-state index contributed by atoms with van der Waals surface area (Å²) in [6, 6.07) is 7.55. The van der Waals surface area contributed by atoms with Crippen LogP contribution in [-0.2, 0) is 6.54 Å². The molecule has 0 radical (unpaired) electrons. The zero-order chi connectivity index (χ0) is 12.3. The molecule has 1 heterocycles. The molecule has 0 fully saturated rings. The van der Waals surface area contributed by atoms with Crippen LogP contribution >= 0.6 is 0 Å². The first kappa shape index (κ1) is 11.2. The molecule has 0 aliphatic rings. The van der Waals surface area contributed by atoms with Crippen LogP contribution in [0.3, 0.4) is 0 Å². The number of benzene rings is 1. The van der Waals surface area contributed by atoms with E-state index in [9.17, 15) is 0 Å². The number of hydrogen-bond acceptors (Lipinski definition) is 3. The first-order chi connectivity index (χ1) is 8.24. The Morgan fingerprint density at radius 1 is 1.47 bits per heavy atom. The van der Waals surface area contributed by atoms with Crippen molar-refractivity contribution in [2.24, 2.45) is 0 Å². The van der Waals surface area contributed by atoms with Crippen LogP contribution in [-0.4, -0.2) is 16.7 Å². The van der Waals surface area contributed by atoms with Crippen molar-refractivity contribution < 1.29 is 4.74 Å². The molecule has 1 aromatic heterocycles. The van der Waals surface area contributed by atoms with Gasteiger partial charge in [0, 0.05) is 18.0 Å². The molecular formula is C13H13N3O. The molecule has 0 aliphatic carbocycles. The summed E-state index contributed by atoms with van der Waals surface area (Å²) in [6.07, 6.45) is 3.67. The third-order valence-corrected chi connectivity index (χ3v) is 2.67. The van der Waals surface area contributed by atoms with E-state index in [0.717, 1.165) is 17.1 Å². The highest BCUT2D eigenvalue weighted by Crippen LogP contribution is 2.21. The maximum atomic E-state index is 8.90. The van der Waals surface area contributed by atoms with Gasteiger partial charge in [0.1, 0.15) is 11.6 Å². The van der Waals surface area contributed by atoms with E-state index in [1.165, 1.54) is 0 Å². The van der Waals surface area contributed by atoms with Crippen molar-refractivity contribution in [2.75, 3.05) is 7.11 Å². The highest BCUT2D eigenvalue weighted by atomic mass is 16.5. The fourth-order valence-electron chi connectivity index (χ4n) is 1.73. The minimum Gasteiger partial charge on any atom is -0.496 e. The Kier molecular flexibility index (Phi) is 3.10. The van der Waals surface area contributed by atoms with Crippen LogP contribution in [0.15, 0.2) is 30.6 Å². The minimum atomic E-state index is 0.638. The monoisotopic (exact) mass is 227 g/mol. The van der Waals surface area contributed by atoms with E-state index in [2.05, 4.69) is 11.1 Å². The summed E-state index contributed by atoms with van der Waals surface area (Å²) in [4.78, 5) is 4.17. The Morgan fingerprint density at radius 3 is 2.88 bits per heavy atom. The Balaban J connectivity index is 2.37. The molecule has 0 bridgehead atoms. The molecule has 17 heavy (non-hydrogen) atoms. The Morgan fingerprint density at radius 2 is 2.29 bits per heavy atom. The average Bonchev–Trinajstić information content (AvgIpc) is 2.75. The molecule has 0 unspecified atom stereocenters. The van der Waals surface area contributed by atoms with Gasteiger partial charge in [-0.2, -0.15) is 5.26 Å². The Bertz CT molecular complexity index is 566. The van der Waals surface area contributed by atoms with E-state index in [1.807, 2.05) is 29.8 Å². The van der Waals surface area contributed by atoms with Gasteiger partial charge in [-0.3, -0.25) is 0 Å². The summed E-state index contributed by atoms with van der Waals surface area (Å²) in [5.74, 6) is 1.73. The lowest BCUT2D eigenvalue weighted by Crippen LogP contribution is -2.03. The van der Waals surface area contributed by atoms with E-state index in [4.69, 9.17) is 10.00 Å². The smallest absolute Gasteiger partial charge is 0.123 e. The number of hydrogen-bond donors (Lipinski definition) is 0. The van der Waals surface area contributed by atoms with E-state index in [-0.39, 0.29) is 0 Å². The van der Waals surface area contributed by atoms with Crippen LogP contribution in [0.1, 0.15) is 17.0 Å². The maximum Gasteiger partial charge on any atom is 0.123 e. The molecule has 0 N–H and O–H groups in total. The molecule has 0 aliphatic heterocycles. The molecular weight excluding hydrogens is 214 g/mol. The quantitative estimate of drug-likeness (QED) is 0.807. The molecule has 4 nitrogen and oxygen atoms in total. The van der Waals surface area contributed by atoms with Gasteiger partial charge in [-0.25, -0.2) is 4.98 Å². The van der Waals surface area contributed by atoms with Crippen LogP contribution in [0.5, 0.6) is 5.75 Å². The van der Waals surface area contributed by atoms with Crippen molar-refractivity contribution in [1.29, 1.82) is 5.26 Å². The van der Waals surface area contributed by atoms with Gasteiger partial charge in [-0.15, -0.1) is 0 Å². The minimum absolute atomic E-state index is 0.638. The number of imidazole rings is 1. The fourth-order valence-corrected chi connectivity index (χ4v) is 1.73. The molecule has 2 aromatic rings. The summed E-state index contributed by atoms with van der Waals surface area (Å²) in [5.41, 5.74) is 1.62. The molecule has 1 aromatic carbocycles. The van der Waals surface area contributed by atoms with Gasteiger partial charge in [-0.1, -0.05) is 0 Å². The third kappa shape index (κ3) is 2.28. The van der Waals surface area contributed by atoms with Crippen molar-refractivity contribution in [3.05, 3.63) is 47.5 Å². The Hall–Kier alpha value is -2.28. The molecule has 2 rings (SSSR count). The second-order valence-electron chi connectivity index (χ2n) is 3.74. The van der Waals surface area contributed by atoms with Gasteiger partial charge < -0.3 is 9.30 Å². The molecule has 0 atom stereocenters. The maximum absolute atomic E-state index is 8.90. The highest BCUT2D eigenvalue weighted by Gasteiger charge is 2.06. The molecule has 0 spiro atoms. The standard InChI is InChI=1S/C13H13N3O/c1-10-15-5-6-16(10)9-12-7-11(8-14)3-4-13(12)17-2/h3-7H,9H2,1-2H3. The second kappa shape index (κ2) is 4.71. The zero-order valence-corrected chi connectivity index (χ0v) is 9.84. The summed E-state index contributed by atoms with van der Waals surface area (Å²) >= 11 is 0.